The van der Waals surface area contributed by atoms with Crippen molar-refractivity contribution in [2.75, 3.05) is 11.9 Å². The topological polar surface area (TPSA) is 73.2 Å². The summed E-state index contributed by atoms with van der Waals surface area (Å²) in [5.41, 5.74) is 2.43. The zero-order chi connectivity index (χ0) is 22.9. The van der Waals surface area contributed by atoms with Gasteiger partial charge in [0.05, 0.1) is 28.5 Å². The Morgan fingerprint density at radius 2 is 1.64 bits per heavy atom. The van der Waals surface area contributed by atoms with Crippen molar-refractivity contribution < 1.29 is 14.7 Å². The number of benzene rings is 3. The number of fused-ring (bicyclic) bond motifs is 1. The first-order valence-corrected chi connectivity index (χ1v) is 11.9. The third kappa shape index (κ3) is 4.03. The Labute approximate surface area is 199 Å². The van der Waals surface area contributed by atoms with Crippen LogP contribution in [0.3, 0.4) is 0 Å². The molecule has 0 radical (unpaired) electrons. The number of carboxylic acids is 1. The molecule has 0 aromatic heterocycles. The fourth-order valence-electron chi connectivity index (χ4n) is 3.68. The molecule has 0 spiro atoms. The van der Waals surface area contributed by atoms with Gasteiger partial charge in [0.1, 0.15) is 4.91 Å². The predicted molar refractivity (Wildman–Crippen MR) is 133 cm³/mol. The monoisotopic (exact) mass is 473 g/mol. The molecule has 1 amide bonds. The lowest BCUT2D eigenvalue weighted by Crippen LogP contribution is -2.29. The summed E-state index contributed by atoms with van der Waals surface area (Å²) in [6.07, 6.45) is 0. The molecule has 33 heavy (non-hydrogen) atoms. The molecule has 0 aliphatic carbocycles. The summed E-state index contributed by atoms with van der Waals surface area (Å²) in [6, 6.07) is 24.3. The van der Waals surface area contributed by atoms with Crippen LogP contribution in [0.2, 0.25) is 0 Å². The van der Waals surface area contributed by atoms with E-state index >= 15 is 0 Å². The lowest BCUT2D eigenvalue weighted by Gasteiger charge is -2.17. The van der Waals surface area contributed by atoms with Crippen molar-refractivity contribution in [3.8, 4) is 0 Å². The van der Waals surface area contributed by atoms with Gasteiger partial charge < -0.3 is 10.0 Å². The molecule has 1 saturated heterocycles. The fraction of sp³-hybridized carbons (Fsp3) is 0.0800. The van der Waals surface area contributed by atoms with E-state index in [9.17, 15) is 14.7 Å². The van der Waals surface area contributed by atoms with E-state index in [0.29, 0.717) is 22.3 Å². The highest BCUT2D eigenvalue weighted by Crippen LogP contribution is 2.50. The Morgan fingerprint density at radius 3 is 2.39 bits per heavy atom. The van der Waals surface area contributed by atoms with Crippen molar-refractivity contribution in [3.05, 3.63) is 99.9 Å². The van der Waals surface area contributed by atoms with Crippen LogP contribution in [0.15, 0.2) is 98.7 Å². The molecule has 5 rings (SSSR count). The van der Waals surface area contributed by atoms with Gasteiger partial charge in [0.25, 0.3) is 5.91 Å². The van der Waals surface area contributed by atoms with Gasteiger partial charge in [-0.25, -0.2) is 9.79 Å². The van der Waals surface area contributed by atoms with Gasteiger partial charge in [-0.05, 0) is 41.6 Å². The van der Waals surface area contributed by atoms with E-state index in [-0.39, 0.29) is 11.5 Å². The Kier molecular flexibility index (Phi) is 5.70. The average Bonchev–Trinajstić information content (AvgIpc) is 3.32. The number of nitrogens with zero attached hydrogens (tertiary/aromatic N) is 3. The summed E-state index contributed by atoms with van der Waals surface area (Å²) in [4.78, 5) is 35.3. The van der Waals surface area contributed by atoms with Crippen LogP contribution in [0.5, 0.6) is 0 Å². The maximum Gasteiger partial charge on any atom is 0.337 e. The molecule has 6 nitrogen and oxygen atoms in total. The molecular formula is C25H19N3O3S2. The third-order valence-electron chi connectivity index (χ3n) is 5.33. The van der Waals surface area contributed by atoms with Gasteiger partial charge in [0.15, 0.2) is 5.17 Å². The third-order valence-corrected chi connectivity index (χ3v) is 7.76. The van der Waals surface area contributed by atoms with Crippen LogP contribution in [0.25, 0.3) is 0 Å². The van der Waals surface area contributed by atoms with E-state index in [0.717, 1.165) is 21.2 Å². The Hall–Kier alpha value is -3.49. The minimum absolute atomic E-state index is 0.0959. The summed E-state index contributed by atoms with van der Waals surface area (Å²) >= 11 is 2.84. The summed E-state index contributed by atoms with van der Waals surface area (Å²) < 4.78 is 0. The molecule has 0 unspecified atom stereocenters. The second-order valence-electron chi connectivity index (χ2n) is 7.46. The number of carbonyl (C=O) groups excluding carboxylic acids is 1. The zero-order valence-corrected chi connectivity index (χ0v) is 19.3. The van der Waals surface area contributed by atoms with Crippen LogP contribution in [-0.2, 0) is 11.3 Å². The SMILES string of the molecule is CN1/C(=C2/S/C(=N\c3ccccc3C(=O)O)N(Cc3ccccc3)C2=O)Sc2ccccc21. The maximum absolute atomic E-state index is 13.6. The lowest BCUT2D eigenvalue weighted by atomic mass is 10.2. The van der Waals surface area contributed by atoms with Crippen molar-refractivity contribution in [2.24, 2.45) is 4.99 Å². The smallest absolute Gasteiger partial charge is 0.337 e. The standard InChI is InChI=1S/C25H19N3O3S2/c1-27-19-13-7-8-14-20(19)32-23(27)21-22(29)28(15-16-9-3-2-4-10-16)25(33-21)26-18-12-6-5-11-17(18)24(30)31/h2-14H,15H2,1H3,(H,30,31)/b23-21-,26-25-. The molecule has 8 heteroatoms. The van der Waals surface area contributed by atoms with Crippen molar-refractivity contribution in [3.63, 3.8) is 0 Å². The van der Waals surface area contributed by atoms with Crippen molar-refractivity contribution >= 4 is 51.9 Å². The first kappa shape index (κ1) is 21.4. The highest BCUT2D eigenvalue weighted by molar-refractivity contribution is 8.19. The van der Waals surface area contributed by atoms with Gasteiger partial charge >= 0.3 is 5.97 Å². The number of hydrogen-bond donors (Lipinski definition) is 1. The summed E-state index contributed by atoms with van der Waals surface area (Å²) in [6.45, 7) is 0.346. The molecule has 164 valence electrons. The number of anilines is 1. The molecule has 2 heterocycles. The van der Waals surface area contributed by atoms with Crippen LogP contribution in [0.1, 0.15) is 15.9 Å². The Bertz CT molecular complexity index is 1320. The molecule has 3 aromatic rings. The second-order valence-corrected chi connectivity index (χ2v) is 9.47. The number of aromatic carboxylic acids is 1. The molecule has 3 aromatic carbocycles. The number of amides is 1. The largest absolute Gasteiger partial charge is 0.478 e. The zero-order valence-electron chi connectivity index (χ0n) is 17.6. The first-order chi connectivity index (χ1) is 16.0. The van der Waals surface area contributed by atoms with E-state index in [1.807, 2.05) is 66.5 Å². The number of thioether (sulfide) groups is 2. The van der Waals surface area contributed by atoms with Crippen LogP contribution in [0, 0.1) is 0 Å². The number of amidine groups is 1. The highest BCUT2D eigenvalue weighted by atomic mass is 32.2. The van der Waals surface area contributed by atoms with Crippen molar-refractivity contribution in [1.82, 2.24) is 4.90 Å². The molecule has 2 aliphatic rings. The van der Waals surface area contributed by atoms with Crippen LogP contribution in [-0.4, -0.2) is 34.1 Å². The highest BCUT2D eigenvalue weighted by Gasteiger charge is 2.39. The number of aliphatic imine (C=N–C) groups is 1. The van der Waals surface area contributed by atoms with Gasteiger partial charge in [-0.2, -0.15) is 0 Å². The number of hydrogen-bond acceptors (Lipinski definition) is 6. The van der Waals surface area contributed by atoms with Crippen molar-refractivity contribution in [1.29, 1.82) is 0 Å². The van der Waals surface area contributed by atoms with Gasteiger partial charge in [-0.3, -0.25) is 9.69 Å². The van der Waals surface area contributed by atoms with Gasteiger partial charge in [0, 0.05) is 11.9 Å². The van der Waals surface area contributed by atoms with E-state index in [2.05, 4.69) is 4.99 Å². The van der Waals surface area contributed by atoms with Gasteiger partial charge in [0.2, 0.25) is 0 Å². The minimum Gasteiger partial charge on any atom is -0.478 e. The fourth-order valence-corrected chi connectivity index (χ4v) is 6.02. The van der Waals surface area contributed by atoms with E-state index in [1.54, 1.807) is 34.9 Å². The molecule has 2 aliphatic heterocycles. The van der Waals surface area contributed by atoms with Gasteiger partial charge in [-0.1, -0.05) is 66.4 Å². The average molecular weight is 474 g/mol. The van der Waals surface area contributed by atoms with Crippen LogP contribution < -0.4 is 4.90 Å². The minimum atomic E-state index is -1.06. The summed E-state index contributed by atoms with van der Waals surface area (Å²) in [5.74, 6) is -1.20. The molecular weight excluding hydrogens is 454 g/mol. The molecule has 1 N–H and O–H groups in total. The number of carbonyl (C=O) groups is 2. The predicted octanol–water partition coefficient (Wildman–Crippen LogP) is 5.56. The molecule has 1 fully saturated rings. The van der Waals surface area contributed by atoms with Crippen molar-refractivity contribution in [2.45, 2.75) is 11.4 Å². The quantitative estimate of drug-likeness (QED) is 0.500. The van der Waals surface area contributed by atoms with E-state index < -0.39 is 5.97 Å². The van der Waals surface area contributed by atoms with E-state index in [4.69, 9.17) is 0 Å². The second kappa shape index (κ2) is 8.80. The molecule has 0 bridgehead atoms. The number of carboxylic acid groups (broad SMARTS) is 1. The first-order valence-electron chi connectivity index (χ1n) is 10.2. The Balaban J connectivity index is 1.59. The maximum atomic E-state index is 13.6. The van der Waals surface area contributed by atoms with Crippen LogP contribution >= 0.6 is 23.5 Å². The lowest BCUT2D eigenvalue weighted by molar-refractivity contribution is -0.122. The van der Waals surface area contributed by atoms with Gasteiger partial charge in [-0.15, -0.1) is 0 Å². The Morgan fingerprint density at radius 1 is 0.939 bits per heavy atom. The van der Waals surface area contributed by atoms with Crippen LogP contribution in [0.4, 0.5) is 11.4 Å². The summed E-state index contributed by atoms with van der Waals surface area (Å²) in [5, 5.41) is 10.9. The normalized spacial score (nSPS) is 18.8. The number of rotatable bonds is 4. The summed E-state index contributed by atoms with van der Waals surface area (Å²) in [7, 11) is 1.95. The molecule has 0 saturated carbocycles. The number of para-hydroxylation sites is 2. The van der Waals surface area contributed by atoms with E-state index in [1.165, 1.54) is 17.8 Å². The molecule has 0 atom stereocenters.